The predicted molar refractivity (Wildman–Crippen MR) is 65.4 cm³/mol. The lowest BCUT2D eigenvalue weighted by molar-refractivity contribution is 0.543. The molecule has 0 atom stereocenters. The van der Waals surface area contributed by atoms with Crippen LogP contribution >= 0.6 is 0 Å². The summed E-state index contributed by atoms with van der Waals surface area (Å²) >= 11 is 0. The molecule has 5 nitrogen and oxygen atoms in total. The van der Waals surface area contributed by atoms with E-state index >= 15 is 0 Å². The number of nitrogens with two attached hydrogens (primary N) is 1. The molecular formula is C12H14FN5. The Balaban J connectivity index is 1.88. The molecule has 0 unspecified atom stereocenters. The smallest absolute Gasteiger partial charge is 0.152 e. The van der Waals surface area contributed by atoms with Crippen LogP contribution < -0.4 is 10.6 Å². The monoisotopic (exact) mass is 247 g/mol. The first kappa shape index (κ1) is 11.2. The average Bonchev–Trinajstić information content (AvgIpc) is 2.85. The van der Waals surface area contributed by atoms with Gasteiger partial charge in [-0.1, -0.05) is 6.07 Å². The van der Waals surface area contributed by atoms with Crippen LogP contribution in [0.2, 0.25) is 0 Å². The van der Waals surface area contributed by atoms with Crippen molar-refractivity contribution in [1.29, 1.82) is 0 Å². The summed E-state index contributed by atoms with van der Waals surface area (Å²) < 4.78 is 16.0. The molecule has 1 aromatic carbocycles. The van der Waals surface area contributed by atoms with Gasteiger partial charge in [-0.3, -0.25) is 0 Å². The highest BCUT2D eigenvalue weighted by atomic mass is 19.1. The first-order valence-corrected chi connectivity index (χ1v) is 5.88. The maximum Gasteiger partial charge on any atom is 0.152 e. The van der Waals surface area contributed by atoms with E-state index in [1.807, 2.05) is 15.5 Å². The number of aromatic nitrogens is 3. The molecule has 0 fully saturated rings. The SMILES string of the molecule is NCc1ccc(N2CCn3cnnc3C2)c(F)c1. The van der Waals surface area contributed by atoms with Gasteiger partial charge in [0.25, 0.3) is 0 Å². The molecule has 2 heterocycles. The third-order valence-corrected chi connectivity index (χ3v) is 3.23. The van der Waals surface area contributed by atoms with E-state index in [9.17, 15) is 4.39 Å². The highest BCUT2D eigenvalue weighted by Crippen LogP contribution is 2.24. The molecule has 0 radical (unpaired) electrons. The maximum absolute atomic E-state index is 14.0. The lowest BCUT2D eigenvalue weighted by Gasteiger charge is -2.29. The van der Waals surface area contributed by atoms with Crippen molar-refractivity contribution in [3.8, 4) is 0 Å². The molecule has 0 spiro atoms. The second-order valence-electron chi connectivity index (χ2n) is 4.35. The summed E-state index contributed by atoms with van der Waals surface area (Å²) in [6, 6.07) is 5.13. The van der Waals surface area contributed by atoms with Crippen LogP contribution in [0.15, 0.2) is 24.5 Å². The number of nitrogens with zero attached hydrogens (tertiary/aromatic N) is 4. The Kier molecular flexibility index (Phi) is 2.71. The Morgan fingerprint density at radius 1 is 1.33 bits per heavy atom. The van der Waals surface area contributed by atoms with Crippen molar-refractivity contribution in [3.05, 3.63) is 41.7 Å². The number of fused-ring (bicyclic) bond motifs is 1. The zero-order valence-corrected chi connectivity index (χ0v) is 9.88. The Morgan fingerprint density at radius 2 is 2.22 bits per heavy atom. The van der Waals surface area contributed by atoms with Gasteiger partial charge in [0.1, 0.15) is 12.1 Å². The van der Waals surface area contributed by atoms with E-state index in [-0.39, 0.29) is 5.82 Å². The number of anilines is 1. The van der Waals surface area contributed by atoms with Crippen molar-refractivity contribution >= 4 is 5.69 Å². The molecule has 1 aliphatic heterocycles. The second-order valence-corrected chi connectivity index (χ2v) is 4.35. The maximum atomic E-state index is 14.0. The van der Waals surface area contributed by atoms with Crippen LogP contribution in [0.4, 0.5) is 10.1 Å². The summed E-state index contributed by atoms with van der Waals surface area (Å²) in [5, 5.41) is 7.88. The molecule has 0 saturated carbocycles. The van der Waals surface area contributed by atoms with Crippen LogP contribution in [0.25, 0.3) is 0 Å². The summed E-state index contributed by atoms with van der Waals surface area (Å²) in [6.45, 7) is 2.47. The average molecular weight is 247 g/mol. The predicted octanol–water partition coefficient (Wildman–Crippen LogP) is 0.896. The zero-order valence-electron chi connectivity index (χ0n) is 9.88. The van der Waals surface area contributed by atoms with Crippen molar-refractivity contribution in [3.63, 3.8) is 0 Å². The minimum Gasteiger partial charge on any atom is -0.360 e. The quantitative estimate of drug-likeness (QED) is 0.856. The first-order valence-electron chi connectivity index (χ1n) is 5.88. The van der Waals surface area contributed by atoms with E-state index in [0.29, 0.717) is 18.8 Å². The van der Waals surface area contributed by atoms with Gasteiger partial charge < -0.3 is 15.2 Å². The van der Waals surface area contributed by atoms with Crippen LogP contribution in [-0.2, 0) is 19.6 Å². The Labute approximate surface area is 104 Å². The van der Waals surface area contributed by atoms with Crippen LogP contribution in [0, 0.1) is 5.82 Å². The topological polar surface area (TPSA) is 60.0 Å². The largest absolute Gasteiger partial charge is 0.360 e. The highest BCUT2D eigenvalue weighted by Gasteiger charge is 2.20. The highest BCUT2D eigenvalue weighted by molar-refractivity contribution is 5.49. The van der Waals surface area contributed by atoms with Crippen molar-refractivity contribution in [2.45, 2.75) is 19.6 Å². The summed E-state index contributed by atoms with van der Waals surface area (Å²) in [6.07, 6.45) is 1.71. The molecular weight excluding hydrogens is 233 g/mol. The Bertz CT molecular complexity index is 565. The van der Waals surface area contributed by atoms with Gasteiger partial charge >= 0.3 is 0 Å². The molecule has 2 N–H and O–H groups in total. The molecule has 1 aromatic heterocycles. The second kappa shape index (κ2) is 4.38. The molecule has 3 rings (SSSR count). The number of hydrogen-bond acceptors (Lipinski definition) is 4. The first-order chi connectivity index (χ1) is 8.78. The summed E-state index contributed by atoms with van der Waals surface area (Å²) in [5.74, 6) is 0.634. The van der Waals surface area contributed by atoms with E-state index in [1.54, 1.807) is 12.4 Å². The van der Waals surface area contributed by atoms with E-state index in [2.05, 4.69) is 10.2 Å². The third kappa shape index (κ3) is 1.84. The van der Waals surface area contributed by atoms with Gasteiger partial charge in [0.15, 0.2) is 5.82 Å². The molecule has 0 aliphatic carbocycles. The normalized spacial score (nSPS) is 14.7. The molecule has 18 heavy (non-hydrogen) atoms. The minimum absolute atomic E-state index is 0.231. The number of hydrogen-bond donors (Lipinski definition) is 1. The number of halogens is 1. The fraction of sp³-hybridized carbons (Fsp3) is 0.333. The molecule has 0 saturated heterocycles. The van der Waals surface area contributed by atoms with Gasteiger partial charge in [0, 0.05) is 19.6 Å². The lowest BCUT2D eigenvalue weighted by Crippen LogP contribution is -2.34. The van der Waals surface area contributed by atoms with Gasteiger partial charge in [-0.25, -0.2) is 4.39 Å². The lowest BCUT2D eigenvalue weighted by atomic mass is 10.1. The number of rotatable bonds is 2. The van der Waals surface area contributed by atoms with E-state index < -0.39 is 0 Å². The standard InChI is InChI=1S/C12H14FN5/c13-10-5-9(6-14)1-2-11(10)17-3-4-18-8-15-16-12(18)7-17/h1-2,5,8H,3-4,6-7,14H2. The Morgan fingerprint density at radius 3 is 3.00 bits per heavy atom. The van der Waals surface area contributed by atoms with Crippen molar-refractivity contribution < 1.29 is 4.39 Å². The van der Waals surface area contributed by atoms with Crippen molar-refractivity contribution in [2.75, 3.05) is 11.4 Å². The molecule has 0 amide bonds. The van der Waals surface area contributed by atoms with Crippen LogP contribution in [0.3, 0.4) is 0 Å². The van der Waals surface area contributed by atoms with E-state index in [1.165, 1.54) is 6.07 Å². The van der Waals surface area contributed by atoms with Crippen LogP contribution in [0.1, 0.15) is 11.4 Å². The molecule has 0 bridgehead atoms. The summed E-state index contributed by atoms with van der Waals surface area (Å²) in [5.41, 5.74) is 6.90. The van der Waals surface area contributed by atoms with Gasteiger partial charge in [-0.05, 0) is 17.7 Å². The van der Waals surface area contributed by atoms with E-state index in [0.717, 1.165) is 24.5 Å². The Hall–Kier alpha value is -1.95. The zero-order chi connectivity index (χ0) is 12.5. The molecule has 94 valence electrons. The van der Waals surface area contributed by atoms with Crippen molar-refractivity contribution in [1.82, 2.24) is 14.8 Å². The van der Waals surface area contributed by atoms with E-state index in [4.69, 9.17) is 5.73 Å². The molecule has 6 heteroatoms. The van der Waals surface area contributed by atoms with Crippen LogP contribution in [-0.4, -0.2) is 21.3 Å². The van der Waals surface area contributed by atoms with Gasteiger partial charge in [-0.2, -0.15) is 0 Å². The fourth-order valence-electron chi connectivity index (χ4n) is 2.21. The fourth-order valence-corrected chi connectivity index (χ4v) is 2.21. The minimum atomic E-state index is -0.231. The third-order valence-electron chi connectivity index (χ3n) is 3.23. The molecule has 1 aliphatic rings. The van der Waals surface area contributed by atoms with Crippen molar-refractivity contribution in [2.24, 2.45) is 5.73 Å². The summed E-state index contributed by atoms with van der Waals surface area (Å²) in [7, 11) is 0. The van der Waals surface area contributed by atoms with Gasteiger partial charge in [-0.15, -0.1) is 10.2 Å². The molecule has 2 aromatic rings. The summed E-state index contributed by atoms with van der Waals surface area (Å²) in [4.78, 5) is 1.97. The van der Waals surface area contributed by atoms with Gasteiger partial charge in [0.2, 0.25) is 0 Å². The van der Waals surface area contributed by atoms with Gasteiger partial charge in [0.05, 0.1) is 12.2 Å². The number of benzene rings is 1. The van der Waals surface area contributed by atoms with Crippen LogP contribution in [0.5, 0.6) is 0 Å².